The predicted molar refractivity (Wildman–Crippen MR) is 84.8 cm³/mol. The van der Waals surface area contributed by atoms with Crippen LogP contribution >= 0.6 is 0 Å². The maximum Gasteiger partial charge on any atom is 0.254 e. The maximum atomic E-state index is 13.3. The summed E-state index contributed by atoms with van der Waals surface area (Å²) < 4.78 is 13.3. The van der Waals surface area contributed by atoms with Crippen LogP contribution in [0.25, 0.3) is 0 Å². The van der Waals surface area contributed by atoms with Crippen LogP contribution in [0.5, 0.6) is 0 Å². The Morgan fingerprint density at radius 3 is 2.29 bits per heavy atom. The Hall–Kier alpha value is -1.62. The quantitative estimate of drug-likeness (QED) is 0.750. The van der Waals surface area contributed by atoms with Crippen LogP contribution in [0.2, 0.25) is 0 Å². The van der Waals surface area contributed by atoms with E-state index in [0.717, 1.165) is 26.1 Å². The number of nitrogens with zero attached hydrogens (tertiary/aromatic N) is 2. The summed E-state index contributed by atoms with van der Waals surface area (Å²) in [5.41, 5.74) is 6.19. The smallest absolute Gasteiger partial charge is 0.254 e. The Kier molecular flexibility index (Phi) is 7.15. The number of anilines is 1. The van der Waals surface area contributed by atoms with Gasteiger partial charge < -0.3 is 15.5 Å². The van der Waals surface area contributed by atoms with Crippen LogP contribution in [-0.4, -0.2) is 48.4 Å². The maximum absolute atomic E-state index is 13.3. The van der Waals surface area contributed by atoms with Crippen molar-refractivity contribution in [1.29, 1.82) is 0 Å². The van der Waals surface area contributed by atoms with Crippen LogP contribution in [0.4, 0.5) is 10.1 Å². The molecule has 1 amide bonds. The van der Waals surface area contributed by atoms with E-state index in [1.165, 1.54) is 18.2 Å². The molecule has 0 aromatic heterocycles. The monoisotopic (exact) mass is 295 g/mol. The zero-order valence-electron chi connectivity index (χ0n) is 13.2. The van der Waals surface area contributed by atoms with Crippen molar-refractivity contribution in [3.63, 3.8) is 0 Å². The third-order valence-electron chi connectivity index (χ3n) is 3.63. The second-order valence-electron chi connectivity index (χ2n) is 5.04. The molecule has 4 nitrogen and oxygen atoms in total. The number of halogens is 1. The summed E-state index contributed by atoms with van der Waals surface area (Å²) in [7, 11) is 0. The molecule has 0 saturated carbocycles. The van der Waals surface area contributed by atoms with Crippen molar-refractivity contribution in [3.8, 4) is 0 Å². The highest BCUT2D eigenvalue weighted by molar-refractivity contribution is 5.95. The summed E-state index contributed by atoms with van der Waals surface area (Å²) in [4.78, 5) is 16.4. The molecule has 0 bridgehead atoms. The van der Waals surface area contributed by atoms with Gasteiger partial charge in [0.25, 0.3) is 5.91 Å². The van der Waals surface area contributed by atoms with Gasteiger partial charge in [0.2, 0.25) is 0 Å². The summed E-state index contributed by atoms with van der Waals surface area (Å²) in [5, 5.41) is 0. The van der Waals surface area contributed by atoms with Crippen molar-refractivity contribution in [1.82, 2.24) is 9.80 Å². The van der Waals surface area contributed by atoms with Crippen LogP contribution in [0.3, 0.4) is 0 Å². The van der Waals surface area contributed by atoms with Gasteiger partial charge in [0, 0.05) is 24.3 Å². The number of nitrogens with two attached hydrogens (primary N) is 1. The highest BCUT2D eigenvalue weighted by atomic mass is 19.1. The molecule has 0 spiro atoms. The number of hydrogen-bond acceptors (Lipinski definition) is 3. The minimum atomic E-state index is -0.474. The van der Waals surface area contributed by atoms with Crippen molar-refractivity contribution >= 4 is 11.6 Å². The molecule has 0 aliphatic heterocycles. The summed E-state index contributed by atoms with van der Waals surface area (Å²) in [5.74, 6) is -0.638. The molecule has 0 saturated heterocycles. The van der Waals surface area contributed by atoms with Crippen molar-refractivity contribution < 1.29 is 9.18 Å². The van der Waals surface area contributed by atoms with E-state index in [1.807, 2.05) is 6.92 Å². The number of benzene rings is 1. The van der Waals surface area contributed by atoms with E-state index in [0.29, 0.717) is 18.7 Å². The molecule has 0 atom stereocenters. The molecule has 0 heterocycles. The molecular weight excluding hydrogens is 269 g/mol. The Bertz CT molecular complexity index is 441. The first-order valence-corrected chi connectivity index (χ1v) is 7.59. The largest absolute Gasteiger partial charge is 0.399 e. The first-order valence-electron chi connectivity index (χ1n) is 7.59. The fraction of sp³-hybridized carbons (Fsp3) is 0.562. The number of nitrogen functional groups attached to an aromatic ring is 1. The lowest BCUT2D eigenvalue weighted by Gasteiger charge is -2.24. The van der Waals surface area contributed by atoms with Gasteiger partial charge in [0.1, 0.15) is 5.82 Å². The standard InChI is InChI=1S/C16H26FN3O/c1-4-19(5-2)8-7-9-20(6-3)16(21)13-10-14(17)12-15(18)11-13/h10-12H,4-9,18H2,1-3H3. The third-order valence-corrected chi connectivity index (χ3v) is 3.63. The zero-order chi connectivity index (χ0) is 15.8. The van der Waals surface area contributed by atoms with Crippen molar-refractivity contribution in [2.24, 2.45) is 0 Å². The predicted octanol–water partition coefficient (Wildman–Crippen LogP) is 2.60. The van der Waals surface area contributed by atoms with E-state index in [-0.39, 0.29) is 11.6 Å². The Morgan fingerprint density at radius 1 is 1.10 bits per heavy atom. The molecule has 0 aliphatic rings. The molecule has 0 unspecified atom stereocenters. The molecule has 1 aromatic carbocycles. The van der Waals surface area contributed by atoms with Gasteiger partial charge in [0.15, 0.2) is 0 Å². The van der Waals surface area contributed by atoms with Gasteiger partial charge in [-0.05, 0) is 51.2 Å². The lowest BCUT2D eigenvalue weighted by Crippen LogP contribution is -2.34. The van der Waals surface area contributed by atoms with Gasteiger partial charge in [-0.2, -0.15) is 0 Å². The number of rotatable bonds is 8. The van der Waals surface area contributed by atoms with E-state index >= 15 is 0 Å². The van der Waals surface area contributed by atoms with Crippen molar-refractivity contribution in [2.45, 2.75) is 27.2 Å². The normalized spacial score (nSPS) is 10.9. The van der Waals surface area contributed by atoms with Gasteiger partial charge in [-0.25, -0.2) is 4.39 Å². The van der Waals surface area contributed by atoms with E-state index in [4.69, 9.17) is 5.73 Å². The number of carbonyl (C=O) groups excluding carboxylic acids is 1. The van der Waals surface area contributed by atoms with E-state index in [2.05, 4.69) is 18.7 Å². The van der Waals surface area contributed by atoms with Crippen molar-refractivity contribution in [3.05, 3.63) is 29.6 Å². The average Bonchev–Trinajstić information content (AvgIpc) is 2.46. The summed E-state index contributed by atoms with van der Waals surface area (Å²) in [6.07, 6.45) is 0.909. The number of hydrogen-bond donors (Lipinski definition) is 1. The fourth-order valence-corrected chi connectivity index (χ4v) is 2.35. The molecule has 2 N–H and O–H groups in total. The van der Waals surface area contributed by atoms with Gasteiger partial charge >= 0.3 is 0 Å². The minimum Gasteiger partial charge on any atom is -0.399 e. The number of amides is 1. The van der Waals surface area contributed by atoms with Crippen LogP contribution in [0.15, 0.2) is 18.2 Å². The first-order chi connectivity index (χ1) is 10.0. The fourth-order valence-electron chi connectivity index (χ4n) is 2.35. The minimum absolute atomic E-state index is 0.164. The Morgan fingerprint density at radius 2 is 1.76 bits per heavy atom. The lowest BCUT2D eigenvalue weighted by molar-refractivity contribution is 0.0757. The van der Waals surface area contributed by atoms with E-state index < -0.39 is 5.82 Å². The average molecular weight is 295 g/mol. The lowest BCUT2D eigenvalue weighted by atomic mass is 10.1. The molecule has 118 valence electrons. The molecule has 5 heteroatoms. The Labute approximate surface area is 126 Å². The van der Waals surface area contributed by atoms with Crippen LogP contribution < -0.4 is 5.73 Å². The van der Waals surface area contributed by atoms with Gasteiger partial charge in [0.05, 0.1) is 0 Å². The molecular formula is C16H26FN3O. The summed E-state index contributed by atoms with van der Waals surface area (Å²) in [6.45, 7) is 10.4. The van der Waals surface area contributed by atoms with Crippen LogP contribution in [-0.2, 0) is 0 Å². The zero-order valence-corrected chi connectivity index (χ0v) is 13.2. The van der Waals surface area contributed by atoms with Gasteiger partial charge in [-0.3, -0.25) is 4.79 Å². The highest BCUT2D eigenvalue weighted by Crippen LogP contribution is 2.13. The Balaban J connectivity index is 2.64. The second-order valence-corrected chi connectivity index (χ2v) is 5.04. The molecule has 21 heavy (non-hydrogen) atoms. The van der Waals surface area contributed by atoms with E-state index in [1.54, 1.807) is 4.90 Å². The van der Waals surface area contributed by atoms with Gasteiger partial charge in [-0.15, -0.1) is 0 Å². The SMILES string of the molecule is CCN(CC)CCCN(CC)C(=O)c1cc(N)cc(F)c1. The van der Waals surface area contributed by atoms with Crippen LogP contribution in [0, 0.1) is 5.82 Å². The first kappa shape index (κ1) is 17.4. The second kappa shape index (κ2) is 8.62. The van der Waals surface area contributed by atoms with Crippen LogP contribution in [0.1, 0.15) is 37.6 Å². The third kappa shape index (κ3) is 5.34. The van der Waals surface area contributed by atoms with Gasteiger partial charge in [-0.1, -0.05) is 13.8 Å². The van der Waals surface area contributed by atoms with E-state index in [9.17, 15) is 9.18 Å². The number of carbonyl (C=O) groups is 1. The summed E-state index contributed by atoms with van der Waals surface area (Å²) >= 11 is 0. The molecule has 1 aromatic rings. The summed E-state index contributed by atoms with van der Waals surface area (Å²) in [6, 6.07) is 3.98. The molecule has 0 radical (unpaired) electrons. The molecule has 0 aliphatic carbocycles. The molecule has 1 rings (SSSR count). The van der Waals surface area contributed by atoms with Crippen molar-refractivity contribution in [2.75, 3.05) is 38.5 Å². The topological polar surface area (TPSA) is 49.6 Å². The molecule has 0 fully saturated rings. The highest BCUT2D eigenvalue weighted by Gasteiger charge is 2.15.